The highest BCUT2D eigenvalue weighted by atomic mass is 16.3. The molecule has 11 aromatic rings. The molecule has 0 radical (unpaired) electrons. The van der Waals surface area contributed by atoms with Gasteiger partial charge in [0.15, 0.2) is 0 Å². The van der Waals surface area contributed by atoms with Crippen molar-refractivity contribution < 1.29 is 8.83 Å². The van der Waals surface area contributed by atoms with Crippen LogP contribution in [0.1, 0.15) is 0 Å². The van der Waals surface area contributed by atoms with E-state index in [1.54, 1.807) is 6.26 Å². The van der Waals surface area contributed by atoms with Crippen molar-refractivity contribution in [1.82, 2.24) is 0 Å². The molecule has 0 aliphatic rings. The van der Waals surface area contributed by atoms with E-state index in [4.69, 9.17) is 8.83 Å². The number of para-hydroxylation sites is 1. The largest absolute Gasteiger partial charge is 0.472 e. The number of furan rings is 2. The van der Waals surface area contributed by atoms with E-state index in [1.165, 1.54) is 70.9 Å². The van der Waals surface area contributed by atoms with E-state index in [0.29, 0.717) is 0 Å². The number of hydrogen-bond donors (Lipinski definition) is 0. The minimum absolute atomic E-state index is 0.879. The van der Waals surface area contributed by atoms with Gasteiger partial charge in [-0.2, -0.15) is 0 Å². The Kier molecular flexibility index (Phi) is 6.28. The lowest BCUT2D eigenvalue weighted by Crippen LogP contribution is -1.91. The van der Waals surface area contributed by atoms with Crippen LogP contribution in [-0.4, -0.2) is 0 Å². The van der Waals surface area contributed by atoms with Crippen LogP contribution in [0.15, 0.2) is 191 Å². The fraction of sp³-hybridized carbons (Fsp3) is 0. The zero-order valence-corrected chi connectivity index (χ0v) is 28.1. The van der Waals surface area contributed by atoms with Gasteiger partial charge >= 0.3 is 0 Å². The first-order valence-corrected chi connectivity index (χ1v) is 17.7. The Morgan fingerprint density at radius 2 is 0.788 bits per heavy atom. The van der Waals surface area contributed by atoms with Crippen molar-refractivity contribution >= 4 is 65.0 Å². The maximum atomic E-state index is 6.87. The van der Waals surface area contributed by atoms with Crippen LogP contribution in [0, 0.1) is 0 Å². The molecule has 0 fully saturated rings. The molecule has 0 saturated carbocycles. The first-order valence-electron chi connectivity index (χ1n) is 17.7. The summed E-state index contributed by atoms with van der Waals surface area (Å²) in [5.74, 6) is 0. The highest BCUT2D eigenvalue weighted by Crippen LogP contribution is 2.48. The van der Waals surface area contributed by atoms with Crippen molar-refractivity contribution in [3.05, 3.63) is 182 Å². The van der Waals surface area contributed by atoms with E-state index in [9.17, 15) is 0 Å². The first kappa shape index (κ1) is 28.9. The Bertz CT molecular complexity index is 3050. The van der Waals surface area contributed by atoms with Gasteiger partial charge in [-0.25, -0.2) is 0 Å². The van der Waals surface area contributed by atoms with Crippen molar-refractivity contribution in [3.63, 3.8) is 0 Å². The lowest BCUT2D eigenvalue weighted by atomic mass is 9.85. The van der Waals surface area contributed by atoms with E-state index < -0.39 is 0 Å². The minimum atomic E-state index is 0.879. The molecule has 2 nitrogen and oxygen atoms in total. The quantitative estimate of drug-likeness (QED) is 0.175. The molecule has 0 N–H and O–H groups in total. The monoisotopic (exact) mass is 662 g/mol. The van der Waals surface area contributed by atoms with Gasteiger partial charge in [0.25, 0.3) is 0 Å². The third kappa shape index (κ3) is 4.19. The summed E-state index contributed by atoms with van der Waals surface area (Å²) < 4.78 is 12.4. The van der Waals surface area contributed by atoms with E-state index in [0.717, 1.165) is 38.6 Å². The molecule has 2 heteroatoms. The van der Waals surface area contributed by atoms with Gasteiger partial charge in [-0.05, 0) is 83.5 Å². The van der Waals surface area contributed by atoms with Gasteiger partial charge in [0, 0.05) is 33.0 Å². The minimum Gasteiger partial charge on any atom is -0.472 e. The van der Waals surface area contributed by atoms with Crippen LogP contribution in [0.2, 0.25) is 0 Å². The van der Waals surface area contributed by atoms with Gasteiger partial charge in [0.05, 0.1) is 12.5 Å². The highest BCUT2D eigenvalue weighted by molar-refractivity contribution is 6.25. The fourth-order valence-corrected chi connectivity index (χ4v) is 8.64. The molecule has 242 valence electrons. The number of hydrogen-bond acceptors (Lipinski definition) is 2. The predicted molar refractivity (Wildman–Crippen MR) is 218 cm³/mol. The summed E-state index contributed by atoms with van der Waals surface area (Å²) in [6.07, 6.45) is 3.60. The van der Waals surface area contributed by atoms with E-state index in [1.807, 2.05) is 6.26 Å². The van der Waals surface area contributed by atoms with Gasteiger partial charge < -0.3 is 8.83 Å². The Hall–Kier alpha value is -6.90. The Morgan fingerprint density at radius 1 is 0.308 bits per heavy atom. The Balaban J connectivity index is 1.19. The summed E-state index contributed by atoms with van der Waals surface area (Å²) in [7, 11) is 0. The van der Waals surface area contributed by atoms with Gasteiger partial charge in [0.2, 0.25) is 0 Å². The summed E-state index contributed by atoms with van der Waals surface area (Å²) in [5.41, 5.74) is 11.2. The molecule has 2 aromatic heterocycles. The molecular formula is C50H30O2. The Morgan fingerprint density at radius 3 is 1.33 bits per heavy atom. The summed E-state index contributed by atoms with van der Waals surface area (Å²) >= 11 is 0. The SMILES string of the molecule is c1ccc(-c2c3ccccc3c(-c3cccc4c3oc3ccc(-c5c6ccccc6c(-c6ccoc6)c6ccccc56)cc34)c3ccccc23)cc1. The summed E-state index contributed by atoms with van der Waals surface area (Å²) in [6, 6.07) is 61.1. The molecule has 0 bridgehead atoms. The van der Waals surface area contributed by atoms with Crippen LogP contribution >= 0.6 is 0 Å². The van der Waals surface area contributed by atoms with Gasteiger partial charge in [-0.15, -0.1) is 0 Å². The topological polar surface area (TPSA) is 26.3 Å². The van der Waals surface area contributed by atoms with Crippen LogP contribution in [0.3, 0.4) is 0 Å². The second kappa shape index (κ2) is 11.3. The number of benzene rings is 9. The van der Waals surface area contributed by atoms with Crippen molar-refractivity contribution in [2.45, 2.75) is 0 Å². The zero-order chi connectivity index (χ0) is 34.2. The average molecular weight is 663 g/mol. The lowest BCUT2D eigenvalue weighted by Gasteiger charge is -2.17. The third-order valence-electron chi connectivity index (χ3n) is 10.8. The zero-order valence-electron chi connectivity index (χ0n) is 28.1. The van der Waals surface area contributed by atoms with Crippen LogP contribution in [0.5, 0.6) is 0 Å². The molecule has 2 heterocycles. The van der Waals surface area contributed by atoms with Crippen LogP contribution < -0.4 is 0 Å². The second-order valence-corrected chi connectivity index (χ2v) is 13.6. The van der Waals surface area contributed by atoms with Gasteiger partial charge in [0.1, 0.15) is 11.2 Å². The molecule has 0 aliphatic heterocycles. The van der Waals surface area contributed by atoms with Crippen LogP contribution in [0.4, 0.5) is 0 Å². The molecule has 0 amide bonds. The summed E-state index contributed by atoms with van der Waals surface area (Å²) in [6.45, 7) is 0. The van der Waals surface area contributed by atoms with Crippen molar-refractivity contribution in [2.75, 3.05) is 0 Å². The molecule has 11 rings (SSSR count). The van der Waals surface area contributed by atoms with Crippen molar-refractivity contribution in [3.8, 4) is 44.5 Å². The standard InChI is InChI=1S/C50H30O2/c1-2-13-31(14-3-1)46-38-19-8-10-21-40(38)49(41-22-11-9-20-39(41)46)43-24-12-23-42-44-29-32(25-26-45(44)52-50(42)43)47-34-15-4-6-17-36(34)48(33-27-28-51-30-33)37-18-7-5-16-35(37)47/h1-30H. The smallest absolute Gasteiger partial charge is 0.143 e. The maximum absolute atomic E-state index is 6.87. The van der Waals surface area contributed by atoms with Gasteiger partial charge in [-0.1, -0.05) is 152 Å². The first-order chi connectivity index (χ1) is 25.8. The van der Waals surface area contributed by atoms with Crippen LogP contribution in [0.25, 0.3) is 110 Å². The van der Waals surface area contributed by atoms with Gasteiger partial charge in [-0.3, -0.25) is 0 Å². The molecule has 0 spiro atoms. The molecule has 52 heavy (non-hydrogen) atoms. The van der Waals surface area contributed by atoms with Crippen LogP contribution in [-0.2, 0) is 0 Å². The molecule has 0 aliphatic carbocycles. The lowest BCUT2D eigenvalue weighted by molar-refractivity contribution is 0.568. The van der Waals surface area contributed by atoms with E-state index >= 15 is 0 Å². The molecule has 9 aromatic carbocycles. The van der Waals surface area contributed by atoms with E-state index in [2.05, 4.69) is 170 Å². The Labute approximate surface area is 299 Å². The molecule has 0 atom stereocenters. The van der Waals surface area contributed by atoms with E-state index in [-0.39, 0.29) is 0 Å². The number of fused-ring (bicyclic) bond motifs is 7. The second-order valence-electron chi connectivity index (χ2n) is 13.6. The average Bonchev–Trinajstić information content (AvgIpc) is 3.88. The fourth-order valence-electron chi connectivity index (χ4n) is 8.64. The molecular weight excluding hydrogens is 633 g/mol. The third-order valence-corrected chi connectivity index (χ3v) is 10.8. The normalized spacial score (nSPS) is 11.8. The highest BCUT2D eigenvalue weighted by Gasteiger charge is 2.22. The predicted octanol–water partition coefficient (Wildman–Crippen LogP) is 14.5. The summed E-state index contributed by atoms with van der Waals surface area (Å²) in [4.78, 5) is 0. The molecule has 0 saturated heterocycles. The number of rotatable bonds is 4. The summed E-state index contributed by atoms with van der Waals surface area (Å²) in [5, 5.41) is 11.9. The molecule has 0 unspecified atom stereocenters. The van der Waals surface area contributed by atoms with Crippen molar-refractivity contribution in [2.24, 2.45) is 0 Å². The van der Waals surface area contributed by atoms with Crippen molar-refractivity contribution in [1.29, 1.82) is 0 Å². The maximum Gasteiger partial charge on any atom is 0.143 e.